The molecule has 0 saturated heterocycles. The molecular weight excluding hydrogens is 188 g/mol. The zero-order chi connectivity index (χ0) is 9.84. The lowest BCUT2D eigenvalue weighted by Gasteiger charge is -2.03. The minimum Gasteiger partial charge on any atom is -0.446 e. The standard InChI is InChI=1S/C10H11ClO2/c1-7-3-8(2)5-9(4-7)10(12)13-6-11/h3-5H,6H2,1-2H3. The van der Waals surface area contributed by atoms with E-state index < -0.39 is 0 Å². The summed E-state index contributed by atoms with van der Waals surface area (Å²) in [7, 11) is 0. The van der Waals surface area contributed by atoms with Gasteiger partial charge in [-0.3, -0.25) is 0 Å². The lowest BCUT2D eigenvalue weighted by Crippen LogP contribution is -2.04. The number of ether oxygens (including phenoxy) is 1. The van der Waals surface area contributed by atoms with Gasteiger partial charge in [0, 0.05) is 0 Å². The average molecular weight is 199 g/mol. The SMILES string of the molecule is Cc1cc(C)cc(C(=O)OCCl)c1. The first kappa shape index (κ1) is 10.1. The molecule has 1 rings (SSSR count). The van der Waals surface area contributed by atoms with Crippen LogP contribution in [-0.2, 0) is 4.74 Å². The van der Waals surface area contributed by atoms with Crippen LogP contribution in [0.15, 0.2) is 18.2 Å². The molecule has 0 atom stereocenters. The van der Waals surface area contributed by atoms with Gasteiger partial charge >= 0.3 is 5.97 Å². The summed E-state index contributed by atoms with van der Waals surface area (Å²) >= 11 is 5.28. The normalized spacial score (nSPS) is 9.77. The van der Waals surface area contributed by atoms with Crippen molar-refractivity contribution in [3.63, 3.8) is 0 Å². The summed E-state index contributed by atoms with van der Waals surface area (Å²) in [5.74, 6) is -0.373. The lowest BCUT2D eigenvalue weighted by atomic mass is 10.1. The fraction of sp³-hybridized carbons (Fsp3) is 0.300. The van der Waals surface area contributed by atoms with E-state index in [9.17, 15) is 4.79 Å². The zero-order valence-electron chi connectivity index (χ0n) is 7.63. The molecule has 2 nitrogen and oxygen atoms in total. The summed E-state index contributed by atoms with van der Waals surface area (Å²) < 4.78 is 4.66. The summed E-state index contributed by atoms with van der Waals surface area (Å²) in [6.45, 7) is 3.87. The quantitative estimate of drug-likeness (QED) is 0.540. The summed E-state index contributed by atoms with van der Waals surface area (Å²) in [5, 5.41) is 0. The first-order valence-electron chi connectivity index (χ1n) is 3.95. The predicted molar refractivity (Wildman–Crippen MR) is 52.1 cm³/mol. The van der Waals surface area contributed by atoms with Crippen LogP contribution in [0, 0.1) is 13.8 Å². The molecule has 0 amide bonds. The van der Waals surface area contributed by atoms with E-state index in [0.29, 0.717) is 5.56 Å². The number of esters is 1. The number of halogens is 1. The Morgan fingerprint density at radius 3 is 2.31 bits per heavy atom. The highest BCUT2D eigenvalue weighted by Gasteiger charge is 2.06. The number of benzene rings is 1. The second-order valence-corrected chi connectivity index (χ2v) is 3.14. The molecule has 1 aromatic carbocycles. The maximum absolute atomic E-state index is 11.2. The van der Waals surface area contributed by atoms with Crippen molar-refractivity contribution in [1.29, 1.82) is 0 Å². The second kappa shape index (κ2) is 4.28. The van der Waals surface area contributed by atoms with Gasteiger partial charge in [0.1, 0.15) is 0 Å². The van der Waals surface area contributed by atoms with Crippen LogP contribution in [0.5, 0.6) is 0 Å². The van der Waals surface area contributed by atoms with Crippen LogP contribution in [0.3, 0.4) is 0 Å². The fourth-order valence-corrected chi connectivity index (χ4v) is 1.32. The molecule has 0 aliphatic rings. The van der Waals surface area contributed by atoms with E-state index in [1.54, 1.807) is 12.1 Å². The number of hydrogen-bond donors (Lipinski definition) is 0. The Morgan fingerprint density at radius 1 is 1.31 bits per heavy atom. The smallest absolute Gasteiger partial charge is 0.339 e. The number of alkyl halides is 1. The number of carbonyl (C=O) groups is 1. The first-order valence-corrected chi connectivity index (χ1v) is 4.48. The Balaban J connectivity index is 2.94. The third-order valence-corrected chi connectivity index (χ3v) is 1.75. The maximum Gasteiger partial charge on any atom is 0.339 e. The zero-order valence-corrected chi connectivity index (χ0v) is 8.39. The van der Waals surface area contributed by atoms with Crippen LogP contribution in [-0.4, -0.2) is 12.0 Å². The summed E-state index contributed by atoms with van der Waals surface area (Å²) in [6, 6.07) is 5.45. The number of aryl methyl sites for hydroxylation is 2. The van der Waals surface area contributed by atoms with E-state index in [-0.39, 0.29) is 12.0 Å². The van der Waals surface area contributed by atoms with Crippen LogP contribution in [0.4, 0.5) is 0 Å². The van der Waals surface area contributed by atoms with Crippen molar-refractivity contribution in [2.24, 2.45) is 0 Å². The van der Waals surface area contributed by atoms with Crippen LogP contribution < -0.4 is 0 Å². The third-order valence-electron chi connectivity index (χ3n) is 1.64. The molecular formula is C10H11ClO2. The largest absolute Gasteiger partial charge is 0.446 e. The van der Waals surface area contributed by atoms with Gasteiger partial charge in [0.05, 0.1) is 5.56 Å². The molecule has 0 heterocycles. The monoisotopic (exact) mass is 198 g/mol. The van der Waals surface area contributed by atoms with Crippen molar-refractivity contribution in [2.45, 2.75) is 13.8 Å². The van der Waals surface area contributed by atoms with Crippen molar-refractivity contribution in [3.8, 4) is 0 Å². The van der Waals surface area contributed by atoms with E-state index in [2.05, 4.69) is 4.74 Å². The molecule has 70 valence electrons. The molecule has 0 radical (unpaired) electrons. The van der Waals surface area contributed by atoms with Crippen molar-refractivity contribution in [2.75, 3.05) is 6.07 Å². The Morgan fingerprint density at radius 2 is 1.85 bits per heavy atom. The molecule has 13 heavy (non-hydrogen) atoms. The third kappa shape index (κ3) is 2.74. The second-order valence-electron chi connectivity index (χ2n) is 2.92. The maximum atomic E-state index is 11.2. The van der Waals surface area contributed by atoms with Gasteiger partial charge < -0.3 is 4.74 Å². The Hall–Kier alpha value is -1.02. The van der Waals surface area contributed by atoms with Gasteiger partial charge in [-0.15, -0.1) is 0 Å². The van der Waals surface area contributed by atoms with E-state index in [4.69, 9.17) is 11.6 Å². The Labute approximate surface area is 82.5 Å². The van der Waals surface area contributed by atoms with E-state index in [1.807, 2.05) is 19.9 Å². The van der Waals surface area contributed by atoms with E-state index in [0.717, 1.165) is 11.1 Å². The summed E-state index contributed by atoms with van der Waals surface area (Å²) in [6.07, 6.45) is 0. The molecule has 0 spiro atoms. The van der Waals surface area contributed by atoms with Crippen LogP contribution in [0.1, 0.15) is 21.5 Å². The van der Waals surface area contributed by atoms with Gasteiger partial charge in [-0.25, -0.2) is 4.79 Å². The van der Waals surface area contributed by atoms with Gasteiger partial charge in [0.25, 0.3) is 0 Å². The van der Waals surface area contributed by atoms with Crippen LogP contribution >= 0.6 is 11.6 Å². The highest BCUT2D eigenvalue weighted by atomic mass is 35.5. The average Bonchev–Trinajstić information content (AvgIpc) is 2.03. The highest BCUT2D eigenvalue weighted by molar-refractivity contribution is 6.17. The number of carbonyl (C=O) groups excluding carboxylic acids is 1. The summed E-state index contributed by atoms with van der Waals surface area (Å²) in [5.41, 5.74) is 2.64. The fourth-order valence-electron chi connectivity index (χ4n) is 1.23. The molecule has 0 N–H and O–H groups in total. The van der Waals surface area contributed by atoms with E-state index in [1.165, 1.54) is 0 Å². The van der Waals surface area contributed by atoms with E-state index >= 15 is 0 Å². The van der Waals surface area contributed by atoms with Crippen LogP contribution in [0.25, 0.3) is 0 Å². The topological polar surface area (TPSA) is 26.3 Å². The Kier molecular flexibility index (Phi) is 3.32. The van der Waals surface area contributed by atoms with Crippen molar-refractivity contribution < 1.29 is 9.53 Å². The number of rotatable bonds is 2. The Bertz CT molecular complexity index is 300. The lowest BCUT2D eigenvalue weighted by molar-refractivity contribution is 0.0574. The predicted octanol–water partition coefficient (Wildman–Crippen LogP) is 2.66. The highest BCUT2D eigenvalue weighted by Crippen LogP contribution is 2.10. The molecule has 1 aromatic rings. The molecule has 0 fully saturated rings. The minimum absolute atomic E-state index is 0.105. The van der Waals surface area contributed by atoms with Crippen LogP contribution in [0.2, 0.25) is 0 Å². The van der Waals surface area contributed by atoms with Gasteiger partial charge in [-0.1, -0.05) is 28.8 Å². The molecule has 0 saturated carbocycles. The van der Waals surface area contributed by atoms with Crippen molar-refractivity contribution >= 4 is 17.6 Å². The van der Waals surface area contributed by atoms with Gasteiger partial charge in [-0.05, 0) is 26.0 Å². The number of hydrogen-bond acceptors (Lipinski definition) is 2. The van der Waals surface area contributed by atoms with Gasteiger partial charge in [0.2, 0.25) is 0 Å². The molecule has 0 aliphatic carbocycles. The van der Waals surface area contributed by atoms with Gasteiger partial charge in [-0.2, -0.15) is 0 Å². The van der Waals surface area contributed by atoms with Crippen molar-refractivity contribution in [1.82, 2.24) is 0 Å². The minimum atomic E-state index is -0.373. The molecule has 0 aromatic heterocycles. The first-order chi connectivity index (χ1) is 6.13. The summed E-state index contributed by atoms with van der Waals surface area (Å²) in [4.78, 5) is 11.2. The van der Waals surface area contributed by atoms with Crippen molar-refractivity contribution in [3.05, 3.63) is 34.9 Å². The molecule has 3 heteroatoms. The van der Waals surface area contributed by atoms with Gasteiger partial charge in [0.15, 0.2) is 6.07 Å². The molecule has 0 aliphatic heterocycles. The molecule has 0 bridgehead atoms. The molecule has 0 unspecified atom stereocenters.